The summed E-state index contributed by atoms with van der Waals surface area (Å²) in [6.45, 7) is 1.89. The van der Waals surface area contributed by atoms with Gasteiger partial charge in [-0.3, -0.25) is 0 Å². The number of carboxylic acids is 1. The van der Waals surface area contributed by atoms with E-state index in [1.807, 2.05) is 0 Å². The number of hydrogen-bond donors (Lipinski definition) is 1. The van der Waals surface area contributed by atoms with Gasteiger partial charge >= 0.3 is 5.97 Å². The third kappa shape index (κ3) is 1.92. The number of aromatic nitrogens is 5. The van der Waals surface area contributed by atoms with E-state index in [1.165, 1.54) is 10.7 Å². The molecule has 2 aromatic heterocycles. The van der Waals surface area contributed by atoms with Crippen LogP contribution in [0.3, 0.4) is 0 Å². The van der Waals surface area contributed by atoms with E-state index in [4.69, 9.17) is 4.52 Å². The molecule has 96 valence electrons. The topological polar surface area (TPSA) is 107 Å². The molecule has 0 fully saturated rings. The van der Waals surface area contributed by atoms with Crippen LogP contribution in [0.2, 0.25) is 0 Å². The minimum atomic E-state index is -1.03. The van der Waals surface area contributed by atoms with Crippen molar-refractivity contribution in [1.82, 2.24) is 25.1 Å². The van der Waals surface area contributed by atoms with Gasteiger partial charge < -0.3 is 9.63 Å². The number of aromatic carboxylic acids is 1. The number of fused-ring (bicyclic) bond motifs is 1. The summed E-state index contributed by atoms with van der Waals surface area (Å²) in [5.74, 6) is -0.168. The molecule has 0 amide bonds. The number of benzene rings is 1. The molecule has 0 atom stereocenters. The third-order valence-electron chi connectivity index (χ3n) is 2.62. The number of carbonyl (C=O) groups is 1. The predicted molar refractivity (Wildman–Crippen MR) is 62.6 cm³/mol. The number of carboxylic acid groups (broad SMARTS) is 1. The molecule has 3 rings (SSSR count). The monoisotopic (exact) mass is 259 g/mol. The lowest BCUT2D eigenvalue weighted by atomic mass is 10.2. The van der Waals surface area contributed by atoms with Crippen molar-refractivity contribution >= 4 is 17.0 Å². The highest BCUT2D eigenvalue weighted by Crippen LogP contribution is 2.17. The van der Waals surface area contributed by atoms with E-state index < -0.39 is 5.97 Å². The Balaban J connectivity index is 2.11. The third-order valence-corrected chi connectivity index (χ3v) is 2.62. The zero-order valence-corrected chi connectivity index (χ0v) is 9.94. The van der Waals surface area contributed by atoms with Crippen LogP contribution >= 0.6 is 0 Å². The summed E-state index contributed by atoms with van der Waals surface area (Å²) in [4.78, 5) is 15.3. The molecule has 0 radical (unpaired) electrons. The summed E-state index contributed by atoms with van der Waals surface area (Å²) in [7, 11) is 0. The fourth-order valence-corrected chi connectivity index (χ4v) is 1.85. The Morgan fingerprint density at radius 2 is 2.32 bits per heavy atom. The molecular formula is C11H9N5O3. The number of aryl methyl sites for hydroxylation is 1. The molecule has 1 N–H and O–H groups in total. The van der Waals surface area contributed by atoms with Gasteiger partial charge in [0.25, 0.3) is 0 Å². The van der Waals surface area contributed by atoms with Crippen molar-refractivity contribution in [2.75, 3.05) is 0 Å². The highest BCUT2D eigenvalue weighted by Gasteiger charge is 2.16. The van der Waals surface area contributed by atoms with Crippen molar-refractivity contribution in [3.05, 3.63) is 35.5 Å². The maximum absolute atomic E-state index is 11.2. The van der Waals surface area contributed by atoms with Gasteiger partial charge in [0.15, 0.2) is 5.82 Å². The molecular weight excluding hydrogens is 250 g/mol. The standard InChI is InChI=1S/C11H9N5O3/c1-6-12-9(19-14-6)5-16-10-7(11(17)18)3-2-4-8(10)13-15-16/h2-4H,5H2,1H3,(H,17,18). The average Bonchev–Trinajstić information content (AvgIpc) is 2.97. The van der Waals surface area contributed by atoms with Gasteiger partial charge in [0.1, 0.15) is 17.6 Å². The Bertz CT molecular complexity index is 761. The number of para-hydroxylation sites is 1. The number of hydrogen-bond acceptors (Lipinski definition) is 6. The van der Waals surface area contributed by atoms with E-state index in [0.717, 1.165) is 0 Å². The van der Waals surface area contributed by atoms with Gasteiger partial charge in [-0.2, -0.15) is 4.98 Å². The van der Waals surface area contributed by atoms with Gasteiger partial charge in [-0.25, -0.2) is 9.48 Å². The van der Waals surface area contributed by atoms with E-state index in [-0.39, 0.29) is 12.1 Å². The predicted octanol–water partition coefficient (Wildman–Crippen LogP) is 0.869. The molecule has 0 aliphatic rings. The summed E-state index contributed by atoms with van der Waals surface area (Å²) in [5.41, 5.74) is 1.08. The van der Waals surface area contributed by atoms with Gasteiger partial charge in [-0.15, -0.1) is 5.10 Å². The van der Waals surface area contributed by atoms with Gasteiger partial charge in [0, 0.05) is 0 Å². The van der Waals surface area contributed by atoms with E-state index in [1.54, 1.807) is 19.1 Å². The fourth-order valence-electron chi connectivity index (χ4n) is 1.85. The molecule has 2 heterocycles. The maximum Gasteiger partial charge on any atom is 0.337 e. The van der Waals surface area contributed by atoms with Crippen molar-refractivity contribution in [2.45, 2.75) is 13.5 Å². The molecule has 19 heavy (non-hydrogen) atoms. The summed E-state index contributed by atoms with van der Waals surface area (Å²) in [5, 5.41) is 20.7. The van der Waals surface area contributed by atoms with Crippen LogP contribution in [-0.2, 0) is 6.54 Å². The van der Waals surface area contributed by atoms with Crippen LogP contribution in [0.15, 0.2) is 22.7 Å². The molecule has 0 aliphatic heterocycles. The molecule has 0 unspecified atom stereocenters. The lowest BCUT2D eigenvalue weighted by molar-refractivity contribution is 0.0698. The van der Waals surface area contributed by atoms with Crippen molar-refractivity contribution in [2.24, 2.45) is 0 Å². The van der Waals surface area contributed by atoms with E-state index >= 15 is 0 Å². The first-order valence-electron chi connectivity index (χ1n) is 5.50. The Hall–Kier alpha value is -2.77. The second kappa shape index (κ2) is 4.16. The van der Waals surface area contributed by atoms with E-state index in [2.05, 4.69) is 20.5 Å². The van der Waals surface area contributed by atoms with Crippen molar-refractivity contribution in [3.8, 4) is 0 Å². The summed E-state index contributed by atoms with van der Waals surface area (Å²) >= 11 is 0. The zero-order valence-electron chi connectivity index (χ0n) is 9.94. The maximum atomic E-state index is 11.2. The minimum Gasteiger partial charge on any atom is -0.478 e. The normalized spacial score (nSPS) is 11.0. The second-order valence-corrected chi connectivity index (χ2v) is 3.96. The van der Waals surface area contributed by atoms with Crippen molar-refractivity contribution in [1.29, 1.82) is 0 Å². The largest absolute Gasteiger partial charge is 0.478 e. The van der Waals surface area contributed by atoms with Crippen molar-refractivity contribution < 1.29 is 14.4 Å². The van der Waals surface area contributed by atoms with E-state index in [0.29, 0.717) is 22.7 Å². The van der Waals surface area contributed by atoms with Crippen LogP contribution in [0.5, 0.6) is 0 Å². The first-order chi connectivity index (χ1) is 9.15. The van der Waals surface area contributed by atoms with E-state index in [9.17, 15) is 9.90 Å². The Kier molecular flexibility index (Phi) is 2.48. The molecule has 0 spiro atoms. The number of nitrogens with zero attached hydrogens (tertiary/aromatic N) is 5. The highest BCUT2D eigenvalue weighted by molar-refractivity contribution is 6.00. The van der Waals surface area contributed by atoms with Gasteiger partial charge in [-0.05, 0) is 19.1 Å². The molecule has 8 heteroatoms. The summed E-state index contributed by atoms with van der Waals surface area (Å²) in [6, 6.07) is 4.83. The van der Waals surface area contributed by atoms with Crippen LogP contribution in [0.4, 0.5) is 0 Å². The molecule has 0 saturated heterocycles. The molecule has 0 bridgehead atoms. The molecule has 8 nitrogen and oxygen atoms in total. The summed E-state index contributed by atoms with van der Waals surface area (Å²) < 4.78 is 6.43. The number of rotatable bonds is 3. The first kappa shape index (κ1) is 11.3. The Labute approximate surface area is 106 Å². The average molecular weight is 259 g/mol. The van der Waals surface area contributed by atoms with Crippen molar-refractivity contribution in [3.63, 3.8) is 0 Å². The van der Waals surface area contributed by atoms with Crippen LogP contribution in [0.25, 0.3) is 11.0 Å². The molecule has 0 saturated carbocycles. The van der Waals surface area contributed by atoms with Gasteiger partial charge in [0.05, 0.1) is 5.56 Å². The molecule has 3 aromatic rings. The smallest absolute Gasteiger partial charge is 0.337 e. The molecule has 0 aliphatic carbocycles. The highest BCUT2D eigenvalue weighted by atomic mass is 16.5. The summed E-state index contributed by atoms with van der Waals surface area (Å²) in [6.07, 6.45) is 0. The van der Waals surface area contributed by atoms with Crippen LogP contribution < -0.4 is 0 Å². The van der Waals surface area contributed by atoms with Gasteiger partial charge in [0.2, 0.25) is 5.89 Å². The minimum absolute atomic E-state index is 0.138. The Morgan fingerprint density at radius 3 is 3.00 bits per heavy atom. The van der Waals surface area contributed by atoms with Gasteiger partial charge in [-0.1, -0.05) is 16.4 Å². The zero-order chi connectivity index (χ0) is 13.4. The SMILES string of the molecule is Cc1noc(Cn2nnc3cccc(C(=O)O)c32)n1. The van der Waals surface area contributed by atoms with Crippen LogP contribution in [0, 0.1) is 6.92 Å². The second-order valence-electron chi connectivity index (χ2n) is 3.96. The van der Waals surface area contributed by atoms with Crippen LogP contribution in [-0.4, -0.2) is 36.2 Å². The fraction of sp³-hybridized carbons (Fsp3) is 0.182. The lowest BCUT2D eigenvalue weighted by Gasteiger charge is -2.01. The quantitative estimate of drug-likeness (QED) is 0.743. The lowest BCUT2D eigenvalue weighted by Crippen LogP contribution is -2.06. The first-order valence-corrected chi connectivity index (χ1v) is 5.50. The van der Waals surface area contributed by atoms with Crippen LogP contribution in [0.1, 0.15) is 22.1 Å². The molecule has 1 aromatic carbocycles. The Morgan fingerprint density at radius 1 is 1.47 bits per heavy atom.